The minimum Gasteiger partial charge on any atom is -0.497 e. The predicted octanol–water partition coefficient (Wildman–Crippen LogP) is 5.06. The maximum Gasteiger partial charge on any atom is 0.170 e. The van der Waals surface area contributed by atoms with Crippen molar-refractivity contribution < 1.29 is 14.3 Å². The maximum atomic E-state index is 12.9. The van der Waals surface area contributed by atoms with Gasteiger partial charge < -0.3 is 9.47 Å². The molecule has 24 heavy (non-hydrogen) atoms. The molecule has 1 atom stereocenters. The molecule has 0 spiro atoms. The Morgan fingerprint density at radius 1 is 0.958 bits per heavy atom. The lowest BCUT2D eigenvalue weighted by Crippen LogP contribution is -2.12. The van der Waals surface area contributed by atoms with Crippen molar-refractivity contribution in [2.45, 2.75) is 25.2 Å². The number of benzene rings is 2. The standard InChI is InChI=1S/C19H20O3.CH3I/c1-21-15-8-6-13(7-9-15)17-5-3-4-14-12-16(22-2)10-11-18(14)19(17)20;1-2/h6-12,17H,3-5H2,1-2H3;1H3. The van der Waals surface area contributed by atoms with Crippen LogP contribution in [0.5, 0.6) is 11.5 Å². The first-order chi connectivity index (χ1) is 11.7. The Balaban J connectivity index is 0.00000100. The second kappa shape index (κ2) is 9.06. The second-order valence-electron chi connectivity index (χ2n) is 5.61. The number of ether oxygens (including phenoxy) is 2. The van der Waals surface area contributed by atoms with Crippen molar-refractivity contribution in [2.75, 3.05) is 19.2 Å². The van der Waals surface area contributed by atoms with Crippen LogP contribution >= 0.6 is 22.6 Å². The van der Waals surface area contributed by atoms with Gasteiger partial charge in [-0.25, -0.2) is 0 Å². The van der Waals surface area contributed by atoms with Crippen molar-refractivity contribution in [1.29, 1.82) is 0 Å². The molecule has 1 unspecified atom stereocenters. The number of hydrogen-bond acceptors (Lipinski definition) is 3. The lowest BCUT2D eigenvalue weighted by molar-refractivity contribution is 0.0957. The third-order valence-electron chi connectivity index (χ3n) is 4.35. The molecule has 0 N–H and O–H groups in total. The smallest absolute Gasteiger partial charge is 0.170 e. The van der Waals surface area contributed by atoms with Crippen molar-refractivity contribution in [1.82, 2.24) is 0 Å². The summed E-state index contributed by atoms with van der Waals surface area (Å²) in [6, 6.07) is 13.6. The maximum absolute atomic E-state index is 12.9. The van der Waals surface area contributed by atoms with E-state index in [9.17, 15) is 4.79 Å². The molecule has 0 aromatic heterocycles. The fourth-order valence-corrected chi connectivity index (χ4v) is 3.11. The highest BCUT2D eigenvalue weighted by Gasteiger charge is 2.27. The minimum atomic E-state index is -0.0689. The summed E-state index contributed by atoms with van der Waals surface area (Å²) in [6.45, 7) is 0. The van der Waals surface area contributed by atoms with Gasteiger partial charge in [0.05, 0.1) is 14.2 Å². The molecule has 2 aromatic rings. The molecular weight excluding hydrogens is 415 g/mol. The summed E-state index contributed by atoms with van der Waals surface area (Å²) in [5.41, 5.74) is 2.99. The van der Waals surface area contributed by atoms with Crippen LogP contribution in [0.15, 0.2) is 42.5 Å². The minimum absolute atomic E-state index is 0.0689. The van der Waals surface area contributed by atoms with Crippen LogP contribution in [0.25, 0.3) is 0 Å². The summed E-state index contributed by atoms with van der Waals surface area (Å²) in [4.78, 5) is 14.9. The first-order valence-electron chi connectivity index (χ1n) is 7.96. The molecule has 128 valence electrons. The van der Waals surface area contributed by atoms with E-state index in [0.29, 0.717) is 0 Å². The lowest BCUT2D eigenvalue weighted by atomic mass is 9.88. The van der Waals surface area contributed by atoms with Crippen molar-refractivity contribution >= 4 is 28.4 Å². The number of alkyl halides is 1. The van der Waals surface area contributed by atoms with Crippen LogP contribution in [-0.2, 0) is 6.42 Å². The van der Waals surface area contributed by atoms with Gasteiger partial charge in [0.25, 0.3) is 0 Å². The number of hydrogen-bond donors (Lipinski definition) is 0. The van der Waals surface area contributed by atoms with E-state index in [1.54, 1.807) is 14.2 Å². The van der Waals surface area contributed by atoms with Gasteiger partial charge in [0.1, 0.15) is 11.5 Å². The first kappa shape index (κ1) is 18.8. The largest absolute Gasteiger partial charge is 0.497 e. The van der Waals surface area contributed by atoms with Gasteiger partial charge in [0.15, 0.2) is 5.78 Å². The number of rotatable bonds is 3. The topological polar surface area (TPSA) is 35.5 Å². The van der Waals surface area contributed by atoms with Crippen molar-refractivity contribution in [3.05, 3.63) is 59.2 Å². The quantitative estimate of drug-likeness (QED) is 0.382. The molecular formula is C20H23IO3. The van der Waals surface area contributed by atoms with Crippen LogP contribution in [0.4, 0.5) is 0 Å². The van der Waals surface area contributed by atoms with Gasteiger partial charge in [-0.15, -0.1) is 0 Å². The van der Waals surface area contributed by atoms with Crippen molar-refractivity contribution in [3.63, 3.8) is 0 Å². The Kier molecular flexibility index (Phi) is 7.09. The molecule has 0 amide bonds. The Morgan fingerprint density at radius 3 is 2.21 bits per heavy atom. The number of fused-ring (bicyclic) bond motifs is 1. The van der Waals surface area contributed by atoms with Gasteiger partial charge in [-0.2, -0.15) is 0 Å². The fraction of sp³-hybridized carbons (Fsp3) is 0.350. The van der Waals surface area contributed by atoms with E-state index in [1.165, 1.54) is 0 Å². The number of ketones is 1. The highest BCUT2D eigenvalue weighted by atomic mass is 127. The van der Waals surface area contributed by atoms with Crippen LogP contribution in [-0.4, -0.2) is 24.9 Å². The zero-order valence-electron chi connectivity index (χ0n) is 14.3. The summed E-state index contributed by atoms with van der Waals surface area (Å²) in [5, 5.41) is 0. The summed E-state index contributed by atoms with van der Waals surface area (Å²) < 4.78 is 10.5. The fourth-order valence-electron chi connectivity index (χ4n) is 3.11. The molecule has 0 aliphatic heterocycles. The van der Waals surface area contributed by atoms with Crippen LogP contribution in [0.3, 0.4) is 0 Å². The molecule has 0 heterocycles. The zero-order valence-corrected chi connectivity index (χ0v) is 16.5. The number of carbonyl (C=O) groups is 1. The molecule has 0 saturated heterocycles. The normalized spacial score (nSPS) is 16.3. The van der Waals surface area contributed by atoms with Crippen molar-refractivity contribution in [3.8, 4) is 11.5 Å². The average molecular weight is 438 g/mol. The summed E-state index contributed by atoms with van der Waals surface area (Å²) in [7, 11) is 3.30. The lowest BCUT2D eigenvalue weighted by Gasteiger charge is -2.15. The van der Waals surface area contributed by atoms with Crippen LogP contribution < -0.4 is 9.47 Å². The summed E-state index contributed by atoms with van der Waals surface area (Å²) in [6.07, 6.45) is 2.80. The van der Waals surface area contributed by atoms with Crippen LogP contribution in [0.1, 0.15) is 40.2 Å². The van der Waals surface area contributed by atoms with E-state index in [1.807, 2.05) is 47.4 Å². The number of halogens is 1. The zero-order chi connectivity index (χ0) is 17.5. The number of Topliss-reactive ketones (excluding diaryl/α,β-unsaturated/α-hetero) is 1. The molecule has 0 radical (unpaired) electrons. The highest BCUT2D eigenvalue weighted by molar-refractivity contribution is 14.1. The summed E-state index contributed by atoms with van der Waals surface area (Å²) >= 11 is 2.15. The number of methoxy groups -OCH3 is 2. The molecule has 3 nitrogen and oxygen atoms in total. The molecule has 0 saturated carbocycles. The molecule has 2 aromatic carbocycles. The average Bonchev–Trinajstić information content (AvgIpc) is 2.82. The Morgan fingerprint density at radius 2 is 1.58 bits per heavy atom. The Labute approximate surface area is 157 Å². The van der Waals surface area contributed by atoms with E-state index in [2.05, 4.69) is 22.6 Å². The molecule has 3 rings (SSSR count). The Bertz CT molecular complexity index is 680. The van der Waals surface area contributed by atoms with Gasteiger partial charge in [0.2, 0.25) is 0 Å². The molecule has 4 heteroatoms. The van der Waals surface area contributed by atoms with Gasteiger partial charge >= 0.3 is 0 Å². The monoisotopic (exact) mass is 438 g/mol. The van der Waals surface area contributed by atoms with E-state index >= 15 is 0 Å². The third kappa shape index (κ3) is 4.09. The Hall–Kier alpha value is -1.56. The third-order valence-corrected chi connectivity index (χ3v) is 4.35. The van der Waals surface area contributed by atoms with Gasteiger partial charge in [0, 0.05) is 11.5 Å². The van der Waals surface area contributed by atoms with Gasteiger partial charge in [-0.3, -0.25) is 4.79 Å². The molecule has 0 bridgehead atoms. The van der Waals surface area contributed by atoms with Gasteiger partial charge in [-0.1, -0.05) is 34.7 Å². The second-order valence-corrected chi connectivity index (χ2v) is 5.61. The van der Waals surface area contributed by atoms with E-state index in [-0.39, 0.29) is 11.7 Å². The molecule has 1 aliphatic carbocycles. The predicted molar refractivity (Wildman–Crippen MR) is 106 cm³/mol. The van der Waals surface area contributed by atoms with Gasteiger partial charge in [-0.05, 0) is 65.7 Å². The van der Waals surface area contributed by atoms with Crippen LogP contribution in [0, 0.1) is 0 Å². The van der Waals surface area contributed by atoms with E-state index < -0.39 is 0 Å². The SMILES string of the molecule is CI.COc1ccc(C2CCCc3cc(OC)ccc3C2=O)cc1. The summed E-state index contributed by atoms with van der Waals surface area (Å²) in [5.74, 6) is 1.77. The molecule has 1 aliphatic rings. The van der Waals surface area contributed by atoms with E-state index in [0.717, 1.165) is 47.5 Å². The van der Waals surface area contributed by atoms with Crippen LogP contribution in [0.2, 0.25) is 0 Å². The van der Waals surface area contributed by atoms with E-state index in [4.69, 9.17) is 9.47 Å². The van der Waals surface area contributed by atoms with Crippen molar-refractivity contribution in [2.24, 2.45) is 0 Å². The number of carbonyl (C=O) groups excluding carboxylic acids is 1. The molecule has 0 fully saturated rings. The first-order valence-corrected chi connectivity index (χ1v) is 10.1. The number of aryl methyl sites for hydroxylation is 1. The highest BCUT2D eigenvalue weighted by Crippen LogP contribution is 2.33.